The van der Waals surface area contributed by atoms with E-state index in [1.54, 1.807) is 47.7 Å². The fraction of sp³-hybridized carbons (Fsp3) is 0.583. The highest BCUT2D eigenvalue weighted by Crippen LogP contribution is 2.45. The molecule has 0 amide bonds. The van der Waals surface area contributed by atoms with Crippen molar-refractivity contribution in [2.24, 2.45) is 0 Å². The van der Waals surface area contributed by atoms with Gasteiger partial charge in [-0.05, 0) is 75.6 Å². The van der Waals surface area contributed by atoms with Crippen molar-refractivity contribution in [2.45, 2.75) is 6.92 Å². The Morgan fingerprint density at radius 2 is 0.561 bits per heavy atom. The van der Waals surface area contributed by atoms with Crippen LogP contribution in [0.25, 0.3) is 32.3 Å². The number of hydrogen-bond donors (Lipinski definition) is 0. The molecule has 0 aliphatic heterocycles. The van der Waals surface area contributed by atoms with Crippen LogP contribution in [0.4, 0.5) is 0 Å². The SMILES string of the molecule is COCCOCCOCCOC(=O)c1cc2c3cc(OCCOCCOC)c(OCCOCCOC)cc3c3cc(OCCOCCOC)c(OCCOCCOC)cc3c2cc1C(C)=O. The number of benzene rings is 4. The van der Waals surface area contributed by atoms with Crippen molar-refractivity contribution >= 4 is 44.1 Å². The summed E-state index contributed by atoms with van der Waals surface area (Å²) < 4.78 is 90.3. The molecule has 0 saturated carbocycles. The van der Waals surface area contributed by atoms with Gasteiger partial charge in [-0.2, -0.15) is 0 Å². The van der Waals surface area contributed by atoms with E-state index in [-0.39, 0.29) is 63.2 Å². The minimum Gasteiger partial charge on any atom is -0.487 e. The second kappa shape index (κ2) is 32.3. The molecule has 0 heterocycles. The van der Waals surface area contributed by atoms with Gasteiger partial charge in [0.25, 0.3) is 0 Å². The van der Waals surface area contributed by atoms with Crippen LogP contribution < -0.4 is 18.9 Å². The molecule has 0 bridgehead atoms. The van der Waals surface area contributed by atoms with Crippen LogP contribution in [-0.4, -0.2) is 193 Å². The van der Waals surface area contributed by atoms with Crippen LogP contribution in [0, 0.1) is 0 Å². The first-order chi connectivity index (χ1) is 32.4. The number of rotatable bonds is 39. The molecule has 0 atom stereocenters. The molecule has 4 aromatic rings. The average Bonchev–Trinajstić information content (AvgIpc) is 3.32. The van der Waals surface area contributed by atoms with E-state index in [1.807, 2.05) is 24.3 Å². The highest BCUT2D eigenvalue weighted by Gasteiger charge is 2.23. The molecule has 368 valence electrons. The number of esters is 1. The highest BCUT2D eigenvalue weighted by molar-refractivity contribution is 6.28. The Balaban J connectivity index is 1.87. The van der Waals surface area contributed by atoms with Gasteiger partial charge in [0.15, 0.2) is 28.8 Å². The topological polar surface area (TPSA) is 182 Å². The van der Waals surface area contributed by atoms with Crippen molar-refractivity contribution in [3.05, 3.63) is 47.5 Å². The van der Waals surface area contributed by atoms with Crippen LogP contribution in [0.5, 0.6) is 23.0 Å². The summed E-state index contributed by atoms with van der Waals surface area (Å²) in [7, 11) is 8.04. The zero-order valence-electron chi connectivity index (χ0n) is 39.4. The second-order valence-electron chi connectivity index (χ2n) is 14.4. The van der Waals surface area contributed by atoms with Crippen LogP contribution in [0.3, 0.4) is 0 Å². The molecule has 0 spiro atoms. The number of Topliss-reactive ketones (excluding diaryl/α,β-unsaturated/α-hetero) is 1. The highest BCUT2D eigenvalue weighted by atomic mass is 16.6. The van der Waals surface area contributed by atoms with E-state index in [1.165, 1.54) is 6.92 Å². The molecule has 66 heavy (non-hydrogen) atoms. The Labute approximate surface area is 387 Å². The summed E-state index contributed by atoms with van der Waals surface area (Å²) in [4.78, 5) is 27.3. The van der Waals surface area contributed by atoms with E-state index in [2.05, 4.69) is 0 Å². The molecule has 0 aliphatic rings. The lowest BCUT2D eigenvalue weighted by molar-refractivity contribution is 0.00566. The molecular formula is C48H68O18. The molecule has 0 aromatic heterocycles. The summed E-state index contributed by atoms with van der Waals surface area (Å²) in [6.07, 6.45) is 0. The van der Waals surface area contributed by atoms with Gasteiger partial charge in [0.05, 0.1) is 118 Å². The molecule has 4 aromatic carbocycles. The first-order valence-electron chi connectivity index (χ1n) is 22.0. The number of methoxy groups -OCH3 is 5. The average molecular weight is 933 g/mol. The third kappa shape index (κ3) is 18.0. The minimum absolute atomic E-state index is 0.0405. The Hall–Kier alpha value is -4.44. The van der Waals surface area contributed by atoms with Crippen molar-refractivity contribution in [3.63, 3.8) is 0 Å². The van der Waals surface area contributed by atoms with Crippen LogP contribution in [0.15, 0.2) is 36.4 Å². The van der Waals surface area contributed by atoms with Crippen molar-refractivity contribution in [3.8, 4) is 23.0 Å². The van der Waals surface area contributed by atoms with Crippen LogP contribution >= 0.6 is 0 Å². The molecule has 0 N–H and O–H groups in total. The fourth-order valence-electron chi connectivity index (χ4n) is 6.52. The summed E-state index contributed by atoms with van der Waals surface area (Å²) in [5.74, 6) is 0.758. The van der Waals surface area contributed by atoms with Crippen molar-refractivity contribution in [2.75, 3.05) is 181 Å². The van der Waals surface area contributed by atoms with E-state index in [0.717, 1.165) is 10.8 Å². The third-order valence-electron chi connectivity index (χ3n) is 9.73. The van der Waals surface area contributed by atoms with Crippen molar-refractivity contribution in [1.82, 2.24) is 0 Å². The fourth-order valence-corrected chi connectivity index (χ4v) is 6.52. The summed E-state index contributed by atoms with van der Waals surface area (Å²) >= 11 is 0. The molecule has 0 radical (unpaired) electrons. The summed E-state index contributed by atoms with van der Waals surface area (Å²) in [5, 5.41) is 4.22. The molecule has 18 nitrogen and oxygen atoms in total. The summed E-state index contributed by atoms with van der Waals surface area (Å²) in [5.41, 5.74) is 0.278. The maximum atomic E-state index is 13.9. The summed E-state index contributed by atoms with van der Waals surface area (Å²) in [6.45, 7) is 8.55. The predicted molar refractivity (Wildman–Crippen MR) is 246 cm³/mol. The van der Waals surface area contributed by atoms with Gasteiger partial charge in [-0.15, -0.1) is 0 Å². The molecular weight excluding hydrogens is 865 g/mol. The molecule has 0 saturated heterocycles. The lowest BCUT2D eigenvalue weighted by atomic mass is 9.90. The monoisotopic (exact) mass is 932 g/mol. The quantitative estimate of drug-likeness (QED) is 0.0241. The second-order valence-corrected chi connectivity index (χ2v) is 14.4. The first kappa shape index (κ1) is 54.2. The number of ketones is 1. The lowest BCUT2D eigenvalue weighted by Gasteiger charge is -2.20. The number of carbonyl (C=O) groups excluding carboxylic acids is 2. The van der Waals surface area contributed by atoms with E-state index < -0.39 is 5.97 Å². The zero-order valence-corrected chi connectivity index (χ0v) is 39.4. The molecule has 0 fully saturated rings. The van der Waals surface area contributed by atoms with Gasteiger partial charge in [0.2, 0.25) is 0 Å². The predicted octanol–water partition coefficient (Wildman–Crippen LogP) is 5.35. The van der Waals surface area contributed by atoms with Gasteiger partial charge in [-0.3, -0.25) is 4.79 Å². The molecule has 0 aliphatic carbocycles. The van der Waals surface area contributed by atoms with E-state index in [4.69, 9.17) is 75.8 Å². The number of carbonyl (C=O) groups is 2. The van der Waals surface area contributed by atoms with Crippen LogP contribution in [-0.2, 0) is 56.8 Å². The van der Waals surface area contributed by atoms with Gasteiger partial charge >= 0.3 is 5.97 Å². The van der Waals surface area contributed by atoms with Gasteiger partial charge in [0.1, 0.15) is 33.0 Å². The Morgan fingerprint density at radius 3 is 0.848 bits per heavy atom. The minimum atomic E-state index is -0.678. The van der Waals surface area contributed by atoms with Gasteiger partial charge < -0.3 is 75.8 Å². The van der Waals surface area contributed by atoms with Gasteiger partial charge in [-0.25, -0.2) is 4.79 Å². The van der Waals surface area contributed by atoms with Gasteiger partial charge in [0, 0.05) is 41.1 Å². The molecule has 0 unspecified atom stereocenters. The van der Waals surface area contributed by atoms with Crippen molar-refractivity contribution in [1.29, 1.82) is 0 Å². The van der Waals surface area contributed by atoms with E-state index >= 15 is 0 Å². The maximum Gasteiger partial charge on any atom is 0.338 e. The normalized spacial score (nSPS) is 11.5. The van der Waals surface area contributed by atoms with E-state index in [0.29, 0.717) is 144 Å². The Kier molecular flexibility index (Phi) is 26.5. The molecule has 4 rings (SSSR count). The number of fused-ring (bicyclic) bond motifs is 6. The van der Waals surface area contributed by atoms with Gasteiger partial charge in [-0.1, -0.05) is 0 Å². The smallest absolute Gasteiger partial charge is 0.338 e. The number of ether oxygens (including phenoxy) is 16. The van der Waals surface area contributed by atoms with Crippen molar-refractivity contribution < 1.29 is 85.4 Å². The summed E-state index contributed by atoms with van der Waals surface area (Å²) in [6, 6.07) is 10.9. The number of hydrogen-bond acceptors (Lipinski definition) is 18. The molecule has 18 heteroatoms. The largest absolute Gasteiger partial charge is 0.487 e. The third-order valence-corrected chi connectivity index (χ3v) is 9.73. The Bertz CT molecular complexity index is 2020. The first-order valence-corrected chi connectivity index (χ1v) is 22.0. The van der Waals surface area contributed by atoms with Crippen LogP contribution in [0.2, 0.25) is 0 Å². The standard InChI is InChI=1S/C48H68O18/c1-35(49)36-29-37-38(30-43(36)48(50)66-28-23-61-18-17-56-12-7-51-2)40-32-45(63-25-20-58-14-9-53-4)47(65-27-22-60-16-11-55-6)34-42(40)41-33-46(64-26-21-59-15-10-54-5)44(31-39(37)41)62-24-19-57-13-8-52-3/h29-34H,7-28H2,1-6H3. The lowest BCUT2D eigenvalue weighted by Crippen LogP contribution is -2.16. The van der Waals surface area contributed by atoms with E-state index in [9.17, 15) is 9.59 Å². The maximum absolute atomic E-state index is 13.9. The Morgan fingerprint density at radius 1 is 0.318 bits per heavy atom. The van der Waals surface area contributed by atoms with Crippen LogP contribution in [0.1, 0.15) is 27.6 Å². The zero-order chi connectivity index (χ0) is 47.2.